The molecule has 1 saturated carbocycles. The molecule has 1 aliphatic carbocycles. The molecule has 1 aliphatic heterocycles. The van der Waals surface area contributed by atoms with E-state index in [9.17, 15) is 9.59 Å². The summed E-state index contributed by atoms with van der Waals surface area (Å²) in [6.45, 7) is 3.30. The number of nitrogens with zero attached hydrogens (tertiary/aromatic N) is 3. The minimum atomic E-state index is -0.841. The Labute approximate surface area is 126 Å². The molecule has 1 heterocycles. The van der Waals surface area contributed by atoms with Crippen LogP contribution in [0.2, 0.25) is 0 Å². The van der Waals surface area contributed by atoms with Gasteiger partial charge in [-0.15, -0.1) is 0 Å². The van der Waals surface area contributed by atoms with Gasteiger partial charge in [-0.3, -0.25) is 4.79 Å². The van der Waals surface area contributed by atoms with Crippen molar-refractivity contribution in [1.29, 1.82) is 0 Å². The number of urea groups is 1. The minimum Gasteiger partial charge on any atom is -0.481 e. The highest BCUT2D eigenvalue weighted by Gasteiger charge is 2.34. The molecule has 2 rings (SSSR count). The Hall–Kier alpha value is -1.30. The number of amides is 2. The molecule has 0 aromatic rings. The summed E-state index contributed by atoms with van der Waals surface area (Å²) < 4.78 is 0. The number of rotatable bonds is 6. The van der Waals surface area contributed by atoms with E-state index in [4.69, 9.17) is 5.11 Å². The topological polar surface area (TPSA) is 64.1 Å². The summed E-state index contributed by atoms with van der Waals surface area (Å²) in [5, 5.41) is 8.81. The molecule has 1 N–H and O–H groups in total. The van der Waals surface area contributed by atoms with E-state index in [1.54, 1.807) is 9.80 Å². The Morgan fingerprint density at radius 2 is 1.81 bits per heavy atom. The molecule has 0 bridgehead atoms. The number of aliphatic carboxylic acids is 1. The zero-order valence-corrected chi connectivity index (χ0v) is 13.1. The van der Waals surface area contributed by atoms with E-state index in [1.165, 1.54) is 0 Å². The molecule has 6 nitrogen and oxygen atoms in total. The normalized spacial score (nSPS) is 20.3. The minimum absolute atomic E-state index is 0.00215. The lowest BCUT2D eigenvalue weighted by atomic mass is 9.97. The molecular weight excluding hydrogens is 270 g/mol. The Morgan fingerprint density at radius 1 is 1.19 bits per heavy atom. The van der Waals surface area contributed by atoms with Gasteiger partial charge in [-0.25, -0.2) is 4.79 Å². The second-order valence-corrected chi connectivity index (χ2v) is 6.48. The third kappa shape index (κ3) is 4.88. The maximum Gasteiger partial charge on any atom is 0.320 e. The first-order valence-electron chi connectivity index (χ1n) is 7.89. The van der Waals surface area contributed by atoms with Crippen molar-refractivity contribution in [3.63, 3.8) is 0 Å². The molecule has 21 heavy (non-hydrogen) atoms. The van der Waals surface area contributed by atoms with Gasteiger partial charge in [0.15, 0.2) is 0 Å². The lowest BCUT2D eigenvalue weighted by molar-refractivity contribution is -0.137. The smallest absolute Gasteiger partial charge is 0.320 e. The SMILES string of the molecule is CN1CCC(CN(C)C(=O)N(CCC(=O)O)C2CC2)CC1. The van der Waals surface area contributed by atoms with E-state index in [-0.39, 0.29) is 18.5 Å². The van der Waals surface area contributed by atoms with E-state index in [2.05, 4.69) is 11.9 Å². The van der Waals surface area contributed by atoms with Crippen LogP contribution in [-0.2, 0) is 4.79 Å². The first-order chi connectivity index (χ1) is 9.97. The van der Waals surface area contributed by atoms with Crippen LogP contribution >= 0.6 is 0 Å². The van der Waals surface area contributed by atoms with Gasteiger partial charge >= 0.3 is 12.0 Å². The van der Waals surface area contributed by atoms with Crippen molar-refractivity contribution in [2.24, 2.45) is 5.92 Å². The average Bonchev–Trinajstić information content (AvgIpc) is 3.25. The molecule has 2 aliphatic rings. The van der Waals surface area contributed by atoms with E-state index >= 15 is 0 Å². The molecule has 2 amide bonds. The number of carbonyl (C=O) groups is 2. The molecule has 0 radical (unpaired) electrons. The number of hydrogen-bond donors (Lipinski definition) is 1. The predicted molar refractivity (Wildman–Crippen MR) is 80.2 cm³/mol. The lowest BCUT2D eigenvalue weighted by Gasteiger charge is -2.34. The van der Waals surface area contributed by atoms with Crippen molar-refractivity contribution in [3.05, 3.63) is 0 Å². The van der Waals surface area contributed by atoms with E-state index in [0.717, 1.165) is 45.3 Å². The summed E-state index contributed by atoms with van der Waals surface area (Å²) in [6, 6.07) is 0.259. The van der Waals surface area contributed by atoms with Crippen LogP contribution in [0, 0.1) is 5.92 Å². The van der Waals surface area contributed by atoms with Gasteiger partial charge in [0, 0.05) is 26.2 Å². The fourth-order valence-electron chi connectivity index (χ4n) is 2.97. The summed E-state index contributed by atoms with van der Waals surface area (Å²) in [4.78, 5) is 29.1. The maximum absolute atomic E-state index is 12.5. The van der Waals surface area contributed by atoms with Crippen molar-refractivity contribution in [2.75, 3.05) is 40.3 Å². The zero-order valence-electron chi connectivity index (χ0n) is 13.1. The van der Waals surface area contributed by atoms with Gasteiger partial charge in [0.2, 0.25) is 0 Å². The second kappa shape index (κ2) is 7.11. The fraction of sp³-hybridized carbons (Fsp3) is 0.867. The molecule has 0 atom stereocenters. The van der Waals surface area contributed by atoms with Gasteiger partial charge in [0.05, 0.1) is 6.42 Å². The van der Waals surface area contributed by atoms with Gasteiger partial charge in [0.25, 0.3) is 0 Å². The molecule has 1 saturated heterocycles. The highest BCUT2D eigenvalue weighted by atomic mass is 16.4. The maximum atomic E-state index is 12.5. The number of hydrogen-bond acceptors (Lipinski definition) is 3. The van der Waals surface area contributed by atoms with Crippen LogP contribution in [0.1, 0.15) is 32.1 Å². The van der Waals surface area contributed by atoms with Crippen molar-refractivity contribution in [3.8, 4) is 0 Å². The zero-order chi connectivity index (χ0) is 15.4. The molecule has 0 unspecified atom stereocenters. The van der Waals surface area contributed by atoms with Crippen LogP contribution in [0.15, 0.2) is 0 Å². The number of carboxylic acid groups (broad SMARTS) is 1. The number of likely N-dealkylation sites (tertiary alicyclic amines) is 1. The monoisotopic (exact) mass is 297 g/mol. The Kier molecular flexibility index (Phi) is 5.45. The molecule has 0 aromatic heterocycles. The van der Waals surface area contributed by atoms with Crippen molar-refractivity contribution >= 4 is 12.0 Å². The van der Waals surface area contributed by atoms with Crippen LogP contribution in [0.4, 0.5) is 4.79 Å². The van der Waals surface area contributed by atoms with Crippen LogP contribution < -0.4 is 0 Å². The molecule has 2 fully saturated rings. The summed E-state index contributed by atoms with van der Waals surface area (Å²) in [5.74, 6) is -0.276. The second-order valence-electron chi connectivity index (χ2n) is 6.48. The van der Waals surface area contributed by atoms with Crippen LogP contribution in [0.25, 0.3) is 0 Å². The standard InChI is InChI=1S/C15H27N3O3/c1-16-8-5-12(6-9-16)11-17(2)15(21)18(13-3-4-13)10-7-14(19)20/h12-13H,3-11H2,1-2H3,(H,19,20). The van der Waals surface area contributed by atoms with Gasteiger partial charge in [0.1, 0.15) is 0 Å². The number of piperidine rings is 1. The molecular formula is C15H27N3O3. The van der Waals surface area contributed by atoms with Crippen molar-refractivity contribution < 1.29 is 14.7 Å². The Bertz CT molecular complexity index is 376. The van der Waals surface area contributed by atoms with E-state index in [1.807, 2.05) is 7.05 Å². The quantitative estimate of drug-likeness (QED) is 0.803. The summed E-state index contributed by atoms with van der Waals surface area (Å²) in [7, 11) is 3.97. The Balaban J connectivity index is 1.82. The van der Waals surface area contributed by atoms with E-state index in [0.29, 0.717) is 12.5 Å². The molecule has 0 aromatic carbocycles. The number of carboxylic acids is 1. The average molecular weight is 297 g/mol. The largest absolute Gasteiger partial charge is 0.481 e. The molecule has 0 spiro atoms. The van der Waals surface area contributed by atoms with Crippen LogP contribution in [0.5, 0.6) is 0 Å². The molecule has 120 valence electrons. The van der Waals surface area contributed by atoms with Gasteiger partial charge in [-0.05, 0) is 51.7 Å². The van der Waals surface area contributed by atoms with Gasteiger partial charge in [-0.2, -0.15) is 0 Å². The predicted octanol–water partition coefficient (Wildman–Crippen LogP) is 1.32. The summed E-state index contributed by atoms with van der Waals surface area (Å²) in [5.41, 5.74) is 0. The van der Waals surface area contributed by atoms with Crippen molar-refractivity contribution in [1.82, 2.24) is 14.7 Å². The highest BCUT2D eigenvalue weighted by molar-refractivity contribution is 5.76. The number of carbonyl (C=O) groups excluding carboxylic acids is 1. The van der Waals surface area contributed by atoms with Gasteiger partial charge in [-0.1, -0.05) is 0 Å². The third-order valence-corrected chi connectivity index (χ3v) is 4.50. The summed E-state index contributed by atoms with van der Waals surface area (Å²) in [6.07, 6.45) is 4.31. The fourth-order valence-corrected chi connectivity index (χ4v) is 2.97. The van der Waals surface area contributed by atoms with Crippen LogP contribution in [0.3, 0.4) is 0 Å². The third-order valence-electron chi connectivity index (χ3n) is 4.50. The first kappa shape index (κ1) is 16.1. The summed E-state index contributed by atoms with van der Waals surface area (Å²) >= 11 is 0. The van der Waals surface area contributed by atoms with E-state index < -0.39 is 5.97 Å². The van der Waals surface area contributed by atoms with Gasteiger partial charge < -0.3 is 19.8 Å². The van der Waals surface area contributed by atoms with Crippen molar-refractivity contribution in [2.45, 2.75) is 38.1 Å². The van der Waals surface area contributed by atoms with Crippen LogP contribution in [-0.4, -0.2) is 78.1 Å². The lowest BCUT2D eigenvalue weighted by Crippen LogP contribution is -2.46. The first-order valence-corrected chi connectivity index (χ1v) is 7.89. The Morgan fingerprint density at radius 3 is 2.33 bits per heavy atom. The highest BCUT2D eigenvalue weighted by Crippen LogP contribution is 2.28. The molecule has 6 heteroatoms.